The molecule has 0 spiro atoms. The van der Waals surface area contributed by atoms with E-state index in [0.717, 1.165) is 23.3 Å². The van der Waals surface area contributed by atoms with Gasteiger partial charge in [-0.2, -0.15) is 0 Å². The topological polar surface area (TPSA) is 58.6 Å². The molecule has 5 nitrogen and oxygen atoms in total. The van der Waals surface area contributed by atoms with Crippen LogP contribution in [0.3, 0.4) is 0 Å². The number of carbonyl (C=O) groups is 2. The van der Waals surface area contributed by atoms with Crippen LogP contribution in [0.15, 0.2) is 54.6 Å². The third-order valence-electron chi connectivity index (χ3n) is 4.72. The molecule has 0 aliphatic rings. The van der Waals surface area contributed by atoms with Crippen molar-refractivity contribution in [2.45, 2.75) is 65.1 Å². The summed E-state index contributed by atoms with van der Waals surface area (Å²) in [6, 6.07) is 16.9. The summed E-state index contributed by atoms with van der Waals surface area (Å²) in [7, 11) is 1.62. The van der Waals surface area contributed by atoms with Crippen LogP contribution in [0.4, 0.5) is 0 Å². The van der Waals surface area contributed by atoms with Crippen LogP contribution in [-0.2, 0) is 22.6 Å². The van der Waals surface area contributed by atoms with Crippen LogP contribution in [0.25, 0.3) is 0 Å². The Hall–Kier alpha value is -2.82. The van der Waals surface area contributed by atoms with Crippen molar-refractivity contribution in [2.24, 2.45) is 0 Å². The van der Waals surface area contributed by atoms with E-state index in [0.29, 0.717) is 19.4 Å². The molecule has 0 radical (unpaired) electrons. The van der Waals surface area contributed by atoms with Gasteiger partial charge in [0.25, 0.3) is 0 Å². The second kappa shape index (κ2) is 10.8. The molecule has 0 aromatic heterocycles. The second-order valence-electron chi connectivity index (χ2n) is 8.57. The van der Waals surface area contributed by atoms with E-state index in [2.05, 4.69) is 5.32 Å². The largest absolute Gasteiger partial charge is 0.497 e. The Morgan fingerprint density at radius 2 is 1.70 bits per heavy atom. The maximum Gasteiger partial charge on any atom is 0.243 e. The number of nitrogens with zero attached hydrogens (tertiary/aromatic N) is 1. The van der Waals surface area contributed by atoms with Gasteiger partial charge in [0.15, 0.2) is 0 Å². The normalized spacial score (nSPS) is 12.2. The Kier molecular flexibility index (Phi) is 8.46. The van der Waals surface area contributed by atoms with Crippen LogP contribution in [0, 0.1) is 0 Å². The highest BCUT2D eigenvalue weighted by Gasteiger charge is 2.31. The van der Waals surface area contributed by atoms with Gasteiger partial charge in [0.1, 0.15) is 11.8 Å². The zero-order valence-corrected chi connectivity index (χ0v) is 18.8. The van der Waals surface area contributed by atoms with Gasteiger partial charge in [-0.15, -0.1) is 0 Å². The lowest BCUT2D eigenvalue weighted by molar-refractivity contribution is -0.142. The molecule has 30 heavy (non-hydrogen) atoms. The summed E-state index contributed by atoms with van der Waals surface area (Å²) in [6.45, 7) is 8.17. The Balaban J connectivity index is 2.41. The monoisotopic (exact) mass is 410 g/mol. The number of methoxy groups -OCH3 is 1. The predicted octanol–water partition coefficient (Wildman–Crippen LogP) is 4.35. The van der Waals surface area contributed by atoms with Crippen LogP contribution in [0.2, 0.25) is 0 Å². The number of nitrogens with one attached hydrogen (secondary N) is 1. The molecule has 0 saturated heterocycles. The standard InChI is InChI=1S/C25H34N2O3/c1-6-11-23(28)27(18-20-14-10-15-21(16-20)30-5)22(24(29)26-25(2,3)4)17-19-12-8-7-9-13-19/h7-10,12-16,22H,6,11,17-18H2,1-5H3,(H,26,29). The minimum Gasteiger partial charge on any atom is -0.497 e. The number of rotatable bonds is 9. The van der Waals surface area contributed by atoms with Gasteiger partial charge in [0.05, 0.1) is 7.11 Å². The van der Waals surface area contributed by atoms with Gasteiger partial charge in [-0.3, -0.25) is 9.59 Å². The number of benzene rings is 2. The minimum atomic E-state index is -0.600. The molecule has 0 fully saturated rings. The van der Waals surface area contributed by atoms with Gasteiger partial charge in [-0.1, -0.05) is 49.4 Å². The van der Waals surface area contributed by atoms with Crippen molar-refractivity contribution in [2.75, 3.05) is 7.11 Å². The lowest BCUT2D eigenvalue weighted by atomic mass is 10.00. The molecule has 1 atom stereocenters. The zero-order chi connectivity index (χ0) is 22.1. The first-order valence-electron chi connectivity index (χ1n) is 10.5. The minimum absolute atomic E-state index is 0.0229. The summed E-state index contributed by atoms with van der Waals surface area (Å²) in [5, 5.41) is 3.07. The van der Waals surface area contributed by atoms with E-state index in [9.17, 15) is 9.59 Å². The Morgan fingerprint density at radius 1 is 1.03 bits per heavy atom. The predicted molar refractivity (Wildman–Crippen MR) is 120 cm³/mol. The van der Waals surface area contributed by atoms with Gasteiger partial charge in [0.2, 0.25) is 11.8 Å². The summed E-state index contributed by atoms with van der Waals surface area (Å²) >= 11 is 0. The quantitative estimate of drug-likeness (QED) is 0.669. The fourth-order valence-electron chi connectivity index (χ4n) is 3.33. The van der Waals surface area contributed by atoms with Gasteiger partial charge in [0, 0.05) is 24.9 Å². The van der Waals surface area contributed by atoms with E-state index in [1.54, 1.807) is 12.0 Å². The average Bonchev–Trinajstić information content (AvgIpc) is 2.70. The SMILES string of the molecule is CCCC(=O)N(Cc1cccc(OC)c1)C(Cc1ccccc1)C(=O)NC(C)(C)C. The summed E-state index contributed by atoms with van der Waals surface area (Å²) in [5.41, 5.74) is 1.56. The van der Waals surface area contributed by atoms with Gasteiger partial charge < -0.3 is 15.0 Å². The molecule has 1 N–H and O–H groups in total. The first kappa shape index (κ1) is 23.5. The van der Waals surface area contributed by atoms with E-state index in [4.69, 9.17) is 4.74 Å². The first-order valence-corrected chi connectivity index (χ1v) is 10.5. The molecule has 2 aromatic carbocycles. The number of ether oxygens (including phenoxy) is 1. The van der Waals surface area contributed by atoms with Gasteiger partial charge in [-0.25, -0.2) is 0 Å². The highest BCUT2D eigenvalue weighted by atomic mass is 16.5. The van der Waals surface area contributed by atoms with Crippen molar-refractivity contribution in [1.82, 2.24) is 10.2 Å². The highest BCUT2D eigenvalue weighted by molar-refractivity contribution is 5.88. The molecular weight excluding hydrogens is 376 g/mol. The average molecular weight is 411 g/mol. The van der Waals surface area contributed by atoms with Crippen molar-refractivity contribution in [3.8, 4) is 5.75 Å². The lowest BCUT2D eigenvalue weighted by Crippen LogP contribution is -2.54. The molecule has 2 aromatic rings. The number of hydrogen-bond acceptors (Lipinski definition) is 3. The number of carbonyl (C=O) groups excluding carboxylic acids is 2. The number of hydrogen-bond donors (Lipinski definition) is 1. The molecule has 2 rings (SSSR count). The smallest absolute Gasteiger partial charge is 0.243 e. The summed E-state index contributed by atoms with van der Waals surface area (Å²) < 4.78 is 5.33. The van der Waals surface area contributed by atoms with Crippen molar-refractivity contribution in [3.63, 3.8) is 0 Å². The molecule has 162 valence electrons. The molecule has 0 bridgehead atoms. The summed E-state index contributed by atoms with van der Waals surface area (Å²) in [5.74, 6) is 0.568. The summed E-state index contributed by atoms with van der Waals surface area (Å²) in [4.78, 5) is 28.1. The zero-order valence-electron chi connectivity index (χ0n) is 18.8. The summed E-state index contributed by atoms with van der Waals surface area (Å²) in [6.07, 6.45) is 1.59. The van der Waals surface area contributed by atoms with Crippen molar-refractivity contribution >= 4 is 11.8 Å². The fraction of sp³-hybridized carbons (Fsp3) is 0.440. The van der Waals surface area contributed by atoms with Gasteiger partial charge in [-0.05, 0) is 50.5 Å². The molecule has 0 heterocycles. The molecule has 1 unspecified atom stereocenters. The van der Waals surface area contributed by atoms with E-state index in [1.165, 1.54) is 0 Å². The first-order chi connectivity index (χ1) is 14.2. The molecule has 5 heteroatoms. The third kappa shape index (κ3) is 7.21. The van der Waals surface area contributed by atoms with E-state index < -0.39 is 6.04 Å². The molecular formula is C25H34N2O3. The van der Waals surface area contributed by atoms with Gasteiger partial charge >= 0.3 is 0 Å². The number of amides is 2. The van der Waals surface area contributed by atoms with Crippen molar-refractivity contribution in [3.05, 3.63) is 65.7 Å². The Morgan fingerprint density at radius 3 is 2.30 bits per heavy atom. The van der Waals surface area contributed by atoms with Crippen LogP contribution in [0.1, 0.15) is 51.7 Å². The van der Waals surface area contributed by atoms with Crippen LogP contribution in [0.5, 0.6) is 5.75 Å². The Bertz CT molecular complexity index is 828. The van der Waals surface area contributed by atoms with Crippen molar-refractivity contribution in [1.29, 1.82) is 0 Å². The van der Waals surface area contributed by atoms with Crippen LogP contribution >= 0.6 is 0 Å². The van der Waals surface area contributed by atoms with Crippen LogP contribution < -0.4 is 10.1 Å². The van der Waals surface area contributed by atoms with Crippen LogP contribution in [-0.4, -0.2) is 35.4 Å². The highest BCUT2D eigenvalue weighted by Crippen LogP contribution is 2.20. The Labute approximate surface area is 180 Å². The molecule has 2 amide bonds. The molecule has 0 aliphatic heterocycles. The molecule has 0 aliphatic carbocycles. The maximum atomic E-state index is 13.3. The third-order valence-corrected chi connectivity index (χ3v) is 4.72. The lowest BCUT2D eigenvalue weighted by Gasteiger charge is -2.34. The van der Waals surface area contributed by atoms with E-state index in [-0.39, 0.29) is 17.4 Å². The van der Waals surface area contributed by atoms with E-state index in [1.807, 2.05) is 82.3 Å². The molecule has 0 saturated carbocycles. The maximum absolute atomic E-state index is 13.3. The fourth-order valence-corrected chi connectivity index (χ4v) is 3.33. The second-order valence-corrected chi connectivity index (χ2v) is 8.57. The van der Waals surface area contributed by atoms with E-state index >= 15 is 0 Å². The van der Waals surface area contributed by atoms with Crippen molar-refractivity contribution < 1.29 is 14.3 Å².